The second-order valence-electron chi connectivity index (χ2n) is 4.02. The summed E-state index contributed by atoms with van der Waals surface area (Å²) in [4.78, 5) is 11.7. The molecule has 5 nitrogen and oxygen atoms in total. The zero-order valence-electron chi connectivity index (χ0n) is 10.1. The van der Waals surface area contributed by atoms with Gasteiger partial charge in [-0.05, 0) is 25.1 Å². The summed E-state index contributed by atoms with van der Waals surface area (Å²) in [7, 11) is 0. The number of aromatic nitrogens is 2. The highest BCUT2D eigenvalue weighted by molar-refractivity contribution is 5.91. The van der Waals surface area contributed by atoms with Crippen LogP contribution in [-0.4, -0.2) is 20.8 Å². The second kappa shape index (κ2) is 5.35. The van der Waals surface area contributed by atoms with Gasteiger partial charge in [-0.1, -0.05) is 6.07 Å². The van der Waals surface area contributed by atoms with E-state index in [0.717, 1.165) is 0 Å². The van der Waals surface area contributed by atoms with Gasteiger partial charge in [-0.15, -0.1) is 0 Å². The number of aryl methyl sites for hydroxylation is 1. The number of anilines is 1. The Labute approximate surface area is 105 Å². The maximum absolute atomic E-state index is 11.7. The molecule has 0 fully saturated rings. The van der Waals surface area contributed by atoms with Gasteiger partial charge in [0.05, 0.1) is 0 Å². The van der Waals surface area contributed by atoms with E-state index in [0.29, 0.717) is 24.2 Å². The fourth-order valence-electron chi connectivity index (χ4n) is 1.62. The van der Waals surface area contributed by atoms with Crippen molar-refractivity contribution in [3.63, 3.8) is 0 Å². The Morgan fingerprint density at radius 2 is 2.28 bits per heavy atom. The van der Waals surface area contributed by atoms with Gasteiger partial charge in [0.1, 0.15) is 5.75 Å². The van der Waals surface area contributed by atoms with Crippen molar-refractivity contribution < 1.29 is 9.90 Å². The molecule has 0 atom stereocenters. The Bertz CT molecular complexity index is 535. The molecule has 0 radical (unpaired) electrons. The predicted octanol–water partition coefficient (Wildman–Crippen LogP) is 1.93. The fourth-order valence-corrected chi connectivity index (χ4v) is 1.62. The highest BCUT2D eigenvalue weighted by Crippen LogP contribution is 2.23. The quantitative estimate of drug-likeness (QED) is 0.864. The number of hydrogen-bond acceptors (Lipinski definition) is 3. The molecule has 0 unspecified atom stereocenters. The molecule has 1 aromatic carbocycles. The first-order valence-corrected chi connectivity index (χ1v) is 5.72. The third-order valence-electron chi connectivity index (χ3n) is 2.71. The van der Waals surface area contributed by atoms with Crippen LogP contribution in [0.5, 0.6) is 5.75 Å². The zero-order valence-corrected chi connectivity index (χ0v) is 10.1. The van der Waals surface area contributed by atoms with Crippen LogP contribution in [0.1, 0.15) is 12.0 Å². The van der Waals surface area contributed by atoms with E-state index in [2.05, 4.69) is 10.4 Å². The van der Waals surface area contributed by atoms with Gasteiger partial charge >= 0.3 is 0 Å². The van der Waals surface area contributed by atoms with Crippen molar-refractivity contribution in [1.82, 2.24) is 9.78 Å². The molecule has 0 saturated carbocycles. The Morgan fingerprint density at radius 3 is 3.00 bits per heavy atom. The summed E-state index contributed by atoms with van der Waals surface area (Å²) in [6, 6.07) is 6.87. The maximum Gasteiger partial charge on any atom is 0.226 e. The predicted molar refractivity (Wildman–Crippen MR) is 68.3 cm³/mol. The molecule has 0 saturated heterocycles. The van der Waals surface area contributed by atoms with E-state index in [1.165, 1.54) is 0 Å². The van der Waals surface area contributed by atoms with Gasteiger partial charge in [-0.25, -0.2) is 0 Å². The molecule has 0 bridgehead atoms. The van der Waals surface area contributed by atoms with Crippen LogP contribution in [0.2, 0.25) is 0 Å². The minimum absolute atomic E-state index is 0.0980. The number of carbonyl (C=O) groups excluding carboxylic acids is 1. The largest absolute Gasteiger partial charge is 0.508 e. The van der Waals surface area contributed by atoms with Gasteiger partial charge in [-0.2, -0.15) is 5.10 Å². The van der Waals surface area contributed by atoms with Crippen molar-refractivity contribution in [3.05, 3.63) is 42.2 Å². The SMILES string of the molecule is Cc1c(O)cccc1NC(=O)CCn1cccn1. The molecule has 0 aliphatic carbocycles. The maximum atomic E-state index is 11.7. The van der Waals surface area contributed by atoms with Crippen molar-refractivity contribution in [1.29, 1.82) is 0 Å². The van der Waals surface area contributed by atoms with E-state index in [9.17, 15) is 9.90 Å². The summed E-state index contributed by atoms with van der Waals surface area (Å²) >= 11 is 0. The molecule has 1 amide bonds. The highest BCUT2D eigenvalue weighted by Gasteiger charge is 2.07. The highest BCUT2D eigenvalue weighted by atomic mass is 16.3. The first-order chi connectivity index (χ1) is 8.66. The third-order valence-corrected chi connectivity index (χ3v) is 2.71. The Balaban J connectivity index is 1.93. The molecular formula is C13H15N3O2. The minimum atomic E-state index is -0.0980. The molecular weight excluding hydrogens is 230 g/mol. The van der Waals surface area contributed by atoms with E-state index in [1.807, 2.05) is 12.3 Å². The Morgan fingerprint density at radius 1 is 1.44 bits per heavy atom. The number of phenolic OH excluding ortho intramolecular Hbond substituents is 1. The van der Waals surface area contributed by atoms with Crippen molar-refractivity contribution in [2.75, 3.05) is 5.32 Å². The molecule has 0 aliphatic heterocycles. The molecule has 5 heteroatoms. The third kappa shape index (κ3) is 2.88. The molecule has 0 aliphatic rings. The van der Waals surface area contributed by atoms with Gasteiger partial charge in [0.15, 0.2) is 0 Å². The van der Waals surface area contributed by atoms with Gasteiger partial charge in [0.2, 0.25) is 5.91 Å². The normalized spacial score (nSPS) is 10.3. The summed E-state index contributed by atoms with van der Waals surface area (Å²) in [5, 5.41) is 16.3. The molecule has 18 heavy (non-hydrogen) atoms. The van der Waals surface area contributed by atoms with Crippen LogP contribution in [0.15, 0.2) is 36.7 Å². The van der Waals surface area contributed by atoms with Crippen LogP contribution < -0.4 is 5.32 Å². The number of carbonyl (C=O) groups is 1. The summed E-state index contributed by atoms with van der Waals surface area (Å²) in [6.45, 7) is 2.30. The van der Waals surface area contributed by atoms with Gasteiger partial charge < -0.3 is 10.4 Å². The standard InChI is InChI=1S/C13H15N3O2/c1-10-11(4-2-5-12(10)17)15-13(18)6-9-16-8-3-7-14-16/h2-5,7-8,17H,6,9H2,1H3,(H,15,18). The van der Waals surface area contributed by atoms with Crippen LogP contribution in [0.25, 0.3) is 0 Å². The van der Waals surface area contributed by atoms with Gasteiger partial charge in [0.25, 0.3) is 0 Å². The molecule has 2 N–H and O–H groups in total. The summed E-state index contributed by atoms with van der Waals surface area (Å²) in [5.41, 5.74) is 1.31. The van der Waals surface area contributed by atoms with Crippen molar-refractivity contribution >= 4 is 11.6 Å². The number of benzene rings is 1. The molecule has 2 aromatic rings. The molecule has 0 spiro atoms. The van der Waals surface area contributed by atoms with Crippen molar-refractivity contribution in [2.45, 2.75) is 19.9 Å². The Hall–Kier alpha value is -2.30. The summed E-state index contributed by atoms with van der Waals surface area (Å²) in [6.07, 6.45) is 3.83. The molecule has 2 rings (SSSR count). The van der Waals surface area contributed by atoms with Crippen molar-refractivity contribution in [2.24, 2.45) is 0 Å². The van der Waals surface area contributed by atoms with Crippen LogP contribution in [-0.2, 0) is 11.3 Å². The topological polar surface area (TPSA) is 67.2 Å². The molecule has 1 heterocycles. The fraction of sp³-hybridized carbons (Fsp3) is 0.231. The minimum Gasteiger partial charge on any atom is -0.508 e. The van der Waals surface area contributed by atoms with Gasteiger partial charge in [-0.3, -0.25) is 9.48 Å². The lowest BCUT2D eigenvalue weighted by Crippen LogP contribution is -2.15. The van der Waals surface area contributed by atoms with E-state index in [4.69, 9.17) is 0 Å². The number of hydrogen-bond donors (Lipinski definition) is 2. The van der Waals surface area contributed by atoms with Gasteiger partial charge in [0, 0.05) is 36.6 Å². The number of nitrogens with one attached hydrogen (secondary N) is 1. The zero-order chi connectivity index (χ0) is 13.0. The van der Waals surface area contributed by atoms with Crippen molar-refractivity contribution in [3.8, 4) is 5.75 Å². The lowest BCUT2D eigenvalue weighted by Gasteiger charge is -2.09. The number of aromatic hydroxyl groups is 1. The van der Waals surface area contributed by atoms with E-state index >= 15 is 0 Å². The van der Waals surface area contributed by atoms with Crippen LogP contribution in [0.3, 0.4) is 0 Å². The van der Waals surface area contributed by atoms with Crippen LogP contribution >= 0.6 is 0 Å². The number of nitrogens with zero attached hydrogens (tertiary/aromatic N) is 2. The lowest BCUT2D eigenvalue weighted by molar-refractivity contribution is -0.116. The average molecular weight is 245 g/mol. The average Bonchev–Trinajstić information content (AvgIpc) is 2.86. The Kier molecular flexibility index (Phi) is 3.62. The first-order valence-electron chi connectivity index (χ1n) is 5.72. The molecule has 94 valence electrons. The van der Waals surface area contributed by atoms with Crippen LogP contribution in [0, 0.1) is 6.92 Å². The molecule has 1 aromatic heterocycles. The van der Waals surface area contributed by atoms with E-state index in [1.54, 1.807) is 36.0 Å². The lowest BCUT2D eigenvalue weighted by atomic mass is 10.2. The first kappa shape index (κ1) is 12.2. The smallest absolute Gasteiger partial charge is 0.226 e. The number of amides is 1. The van der Waals surface area contributed by atoms with E-state index < -0.39 is 0 Å². The summed E-state index contributed by atoms with van der Waals surface area (Å²) in [5.74, 6) is 0.0825. The number of rotatable bonds is 4. The monoisotopic (exact) mass is 245 g/mol. The summed E-state index contributed by atoms with van der Waals surface area (Å²) < 4.78 is 1.70. The van der Waals surface area contributed by atoms with E-state index in [-0.39, 0.29) is 11.7 Å². The number of phenols is 1. The van der Waals surface area contributed by atoms with Crippen LogP contribution in [0.4, 0.5) is 5.69 Å². The second-order valence-corrected chi connectivity index (χ2v) is 4.02.